The Morgan fingerprint density at radius 2 is 2.12 bits per heavy atom. The molecule has 0 aliphatic carbocycles. The average Bonchev–Trinajstić information content (AvgIpc) is 3.56. The van der Waals surface area contributed by atoms with Crippen LogP contribution in [0.15, 0.2) is 62.7 Å². The average molecular weight is 467 g/mol. The first-order chi connectivity index (χ1) is 15.7. The summed E-state index contributed by atoms with van der Waals surface area (Å²) in [5.41, 5.74) is 1.49. The van der Waals surface area contributed by atoms with Crippen LogP contribution in [0.5, 0.6) is 0 Å². The van der Waals surface area contributed by atoms with Gasteiger partial charge in [0.25, 0.3) is 5.56 Å². The van der Waals surface area contributed by atoms with Crippen LogP contribution in [-0.2, 0) is 17.0 Å². The van der Waals surface area contributed by atoms with E-state index in [1.807, 2.05) is 28.1 Å². The third kappa shape index (κ3) is 3.97. The van der Waals surface area contributed by atoms with Gasteiger partial charge in [-0.1, -0.05) is 11.8 Å². The van der Waals surface area contributed by atoms with Crippen LogP contribution in [0, 0.1) is 0 Å². The predicted molar refractivity (Wildman–Crippen MR) is 123 cm³/mol. The zero-order chi connectivity index (χ0) is 21.9. The maximum atomic E-state index is 12.8. The summed E-state index contributed by atoms with van der Waals surface area (Å²) in [6, 6.07) is 7.41. The number of nitrogens with one attached hydrogen (secondary N) is 1. The largest absolute Gasteiger partial charge is 0.464 e. The first kappa shape index (κ1) is 20.6. The Kier molecular flexibility index (Phi) is 5.84. The SMILES string of the molecule is COCCn1c(SCc2nc3scc(-c4ccco4)c3c(=O)[nH]2)nnc1-c1ccncc1. The summed E-state index contributed by atoms with van der Waals surface area (Å²) in [5, 5.41) is 11.9. The van der Waals surface area contributed by atoms with Gasteiger partial charge in [-0.2, -0.15) is 0 Å². The third-order valence-electron chi connectivity index (χ3n) is 4.79. The maximum absolute atomic E-state index is 12.8. The highest BCUT2D eigenvalue weighted by Crippen LogP contribution is 2.31. The van der Waals surface area contributed by atoms with Gasteiger partial charge in [0.1, 0.15) is 16.4 Å². The molecule has 0 spiro atoms. The van der Waals surface area contributed by atoms with Crippen molar-refractivity contribution in [3.63, 3.8) is 0 Å². The summed E-state index contributed by atoms with van der Waals surface area (Å²) in [7, 11) is 1.66. The normalized spacial score (nSPS) is 11.4. The van der Waals surface area contributed by atoms with Crippen LogP contribution in [0.4, 0.5) is 0 Å². The highest BCUT2D eigenvalue weighted by molar-refractivity contribution is 7.98. The van der Waals surface area contributed by atoms with Gasteiger partial charge in [-0.3, -0.25) is 14.3 Å². The minimum atomic E-state index is -0.184. The van der Waals surface area contributed by atoms with Gasteiger partial charge in [0, 0.05) is 36.0 Å². The molecular weight excluding hydrogens is 448 g/mol. The molecule has 11 heteroatoms. The van der Waals surface area contributed by atoms with Crippen molar-refractivity contribution in [2.24, 2.45) is 0 Å². The summed E-state index contributed by atoms with van der Waals surface area (Å²) in [6.07, 6.45) is 5.03. The molecule has 5 rings (SSSR count). The van der Waals surface area contributed by atoms with Gasteiger partial charge in [0.15, 0.2) is 11.0 Å². The van der Waals surface area contributed by atoms with Crippen LogP contribution >= 0.6 is 23.1 Å². The number of hydrogen-bond donors (Lipinski definition) is 1. The third-order valence-corrected chi connectivity index (χ3v) is 6.64. The second-order valence-corrected chi connectivity index (χ2v) is 8.60. The number of thiophene rings is 1. The van der Waals surface area contributed by atoms with Gasteiger partial charge in [-0.15, -0.1) is 21.5 Å². The molecule has 5 aromatic heterocycles. The van der Waals surface area contributed by atoms with Crippen molar-refractivity contribution in [2.45, 2.75) is 17.5 Å². The quantitative estimate of drug-likeness (QED) is 0.343. The van der Waals surface area contributed by atoms with Crippen LogP contribution in [0.3, 0.4) is 0 Å². The molecule has 0 aliphatic rings. The standard InChI is InChI=1S/C21H18N6O3S2/c1-29-10-8-27-18(13-4-6-22-7-5-13)25-26-21(27)32-12-16-23-19(28)17-14(11-31-20(17)24-16)15-3-2-9-30-15/h2-7,9,11H,8,10,12H2,1H3,(H,23,24,28). The molecule has 0 aliphatic heterocycles. The van der Waals surface area contributed by atoms with E-state index in [2.05, 4.69) is 25.1 Å². The number of nitrogens with zero attached hydrogens (tertiary/aromatic N) is 5. The van der Waals surface area contributed by atoms with Gasteiger partial charge in [-0.05, 0) is 24.3 Å². The molecule has 0 amide bonds. The van der Waals surface area contributed by atoms with Crippen molar-refractivity contribution in [3.05, 3.63) is 64.5 Å². The lowest BCUT2D eigenvalue weighted by atomic mass is 10.2. The number of methoxy groups -OCH3 is 1. The number of aromatic nitrogens is 6. The van der Waals surface area contributed by atoms with Crippen molar-refractivity contribution >= 4 is 33.3 Å². The lowest BCUT2D eigenvalue weighted by Gasteiger charge is -2.09. The van der Waals surface area contributed by atoms with E-state index in [0.717, 1.165) is 22.1 Å². The molecule has 9 nitrogen and oxygen atoms in total. The molecule has 0 fully saturated rings. The van der Waals surface area contributed by atoms with Crippen molar-refractivity contribution in [1.29, 1.82) is 0 Å². The Balaban J connectivity index is 1.42. The molecule has 0 radical (unpaired) electrons. The van der Waals surface area contributed by atoms with E-state index < -0.39 is 0 Å². The second-order valence-electron chi connectivity index (χ2n) is 6.79. The molecular formula is C21H18N6O3S2. The number of rotatable bonds is 8. The molecule has 0 bridgehead atoms. The lowest BCUT2D eigenvalue weighted by molar-refractivity contribution is 0.185. The van der Waals surface area contributed by atoms with Crippen molar-refractivity contribution in [2.75, 3.05) is 13.7 Å². The number of H-pyrrole nitrogens is 1. The highest BCUT2D eigenvalue weighted by Gasteiger charge is 2.17. The summed E-state index contributed by atoms with van der Waals surface area (Å²) < 4.78 is 12.7. The van der Waals surface area contributed by atoms with E-state index in [-0.39, 0.29) is 5.56 Å². The van der Waals surface area contributed by atoms with Gasteiger partial charge < -0.3 is 14.1 Å². The first-order valence-corrected chi connectivity index (χ1v) is 11.6. The van der Waals surface area contributed by atoms with Crippen LogP contribution in [0.1, 0.15) is 5.82 Å². The summed E-state index contributed by atoms with van der Waals surface area (Å²) in [6.45, 7) is 1.12. The van der Waals surface area contributed by atoms with E-state index >= 15 is 0 Å². The van der Waals surface area contributed by atoms with Crippen LogP contribution in [0.2, 0.25) is 0 Å². The van der Waals surface area contributed by atoms with Gasteiger partial charge in [0.05, 0.1) is 30.6 Å². The number of aromatic amines is 1. The fraction of sp³-hybridized carbons (Fsp3) is 0.190. The van der Waals surface area contributed by atoms with E-state index in [1.54, 1.807) is 31.8 Å². The van der Waals surface area contributed by atoms with Gasteiger partial charge >= 0.3 is 0 Å². The summed E-state index contributed by atoms with van der Waals surface area (Å²) in [5.74, 6) is 2.42. The number of fused-ring (bicyclic) bond motifs is 1. The van der Waals surface area contributed by atoms with Crippen molar-refractivity contribution < 1.29 is 9.15 Å². The monoisotopic (exact) mass is 466 g/mol. The van der Waals surface area contributed by atoms with Crippen LogP contribution in [-0.4, -0.2) is 43.4 Å². The Morgan fingerprint density at radius 3 is 2.91 bits per heavy atom. The number of ether oxygens (including phenoxy) is 1. The second kappa shape index (κ2) is 9.07. The summed E-state index contributed by atoms with van der Waals surface area (Å²) in [4.78, 5) is 25.1. The number of hydrogen-bond acceptors (Lipinski definition) is 9. The van der Waals surface area contributed by atoms with E-state index in [9.17, 15) is 4.79 Å². The zero-order valence-electron chi connectivity index (χ0n) is 17.0. The molecule has 162 valence electrons. The van der Waals surface area contributed by atoms with Crippen molar-refractivity contribution in [1.82, 2.24) is 29.7 Å². The minimum absolute atomic E-state index is 0.184. The van der Waals surface area contributed by atoms with Crippen LogP contribution in [0.25, 0.3) is 32.9 Å². The number of pyridine rings is 1. The fourth-order valence-corrected chi connectivity index (χ4v) is 5.08. The Morgan fingerprint density at radius 1 is 1.25 bits per heavy atom. The summed E-state index contributed by atoms with van der Waals surface area (Å²) >= 11 is 2.88. The molecule has 0 aromatic carbocycles. The highest BCUT2D eigenvalue weighted by atomic mass is 32.2. The van der Waals surface area contributed by atoms with E-state index in [1.165, 1.54) is 23.1 Å². The van der Waals surface area contributed by atoms with Crippen LogP contribution < -0.4 is 5.56 Å². The van der Waals surface area contributed by atoms with E-state index in [4.69, 9.17) is 9.15 Å². The fourth-order valence-electron chi connectivity index (χ4n) is 3.30. The van der Waals surface area contributed by atoms with E-state index in [0.29, 0.717) is 40.7 Å². The molecule has 1 N–H and O–H groups in total. The molecule has 5 aromatic rings. The molecule has 0 unspecified atom stereocenters. The molecule has 32 heavy (non-hydrogen) atoms. The zero-order valence-corrected chi connectivity index (χ0v) is 18.7. The topological polar surface area (TPSA) is 112 Å². The molecule has 5 heterocycles. The van der Waals surface area contributed by atoms with Crippen molar-refractivity contribution in [3.8, 4) is 22.7 Å². The Labute approximate surface area is 190 Å². The predicted octanol–water partition coefficient (Wildman–Crippen LogP) is 3.84. The maximum Gasteiger partial charge on any atom is 0.260 e. The minimum Gasteiger partial charge on any atom is -0.464 e. The van der Waals surface area contributed by atoms with Gasteiger partial charge in [-0.25, -0.2) is 4.98 Å². The number of thioether (sulfide) groups is 1. The lowest BCUT2D eigenvalue weighted by Crippen LogP contribution is -2.11. The smallest absolute Gasteiger partial charge is 0.260 e. The molecule has 0 atom stereocenters. The van der Waals surface area contributed by atoms with Gasteiger partial charge in [0.2, 0.25) is 0 Å². The molecule has 0 saturated heterocycles. The number of furan rings is 1. The molecule has 0 saturated carbocycles. The first-order valence-electron chi connectivity index (χ1n) is 9.74. The Hall–Kier alpha value is -3.28. The Bertz CT molecular complexity index is 1390.